The smallest absolute Gasteiger partial charge is 0.231 e. The summed E-state index contributed by atoms with van der Waals surface area (Å²) in [5.41, 5.74) is 9.60. The van der Waals surface area contributed by atoms with Crippen LogP contribution in [0.5, 0.6) is 0 Å². The third-order valence-corrected chi connectivity index (χ3v) is 8.79. The molecule has 62 heavy (non-hydrogen) atoms. The van der Waals surface area contributed by atoms with E-state index in [1.807, 2.05) is 39.8 Å². The van der Waals surface area contributed by atoms with Gasteiger partial charge in [-0.25, -0.2) is 38.7 Å². The number of carbonyl (C=O) groups excluding carboxylic acids is 3. The summed E-state index contributed by atoms with van der Waals surface area (Å²) in [6.45, 7) is 20.6. The van der Waals surface area contributed by atoms with Crippen LogP contribution >= 0.6 is 0 Å². The third-order valence-electron chi connectivity index (χ3n) is 8.79. The first-order valence-electron chi connectivity index (χ1n) is 20.3. The van der Waals surface area contributed by atoms with Crippen molar-refractivity contribution in [1.29, 1.82) is 0 Å². The third kappa shape index (κ3) is 14.7. The normalized spacial score (nSPS) is 18.0. The summed E-state index contributed by atoms with van der Waals surface area (Å²) < 4.78 is 27.7. The summed E-state index contributed by atoms with van der Waals surface area (Å²) in [4.78, 5) is 64.5. The van der Waals surface area contributed by atoms with Gasteiger partial charge in [-0.3, -0.25) is 19.0 Å². The Bertz CT molecular complexity index is 2300. The molecule has 17 nitrogen and oxygen atoms in total. The number of rotatable bonds is 15. The first-order chi connectivity index (χ1) is 29.5. The molecule has 19 heteroatoms. The van der Waals surface area contributed by atoms with Gasteiger partial charge in [-0.2, -0.15) is 4.99 Å². The van der Waals surface area contributed by atoms with Crippen molar-refractivity contribution in [2.24, 2.45) is 28.5 Å². The fraction of sp³-hybridized carbons (Fsp3) is 0.395. The molecule has 0 radical (unpaired) electrons. The number of aromatic nitrogens is 7. The zero-order chi connectivity index (χ0) is 45.5. The van der Waals surface area contributed by atoms with Crippen molar-refractivity contribution in [3.05, 3.63) is 90.6 Å². The van der Waals surface area contributed by atoms with E-state index in [2.05, 4.69) is 88.8 Å². The maximum Gasteiger partial charge on any atom is 0.231 e. The second kappa shape index (κ2) is 22.6. The van der Waals surface area contributed by atoms with E-state index in [0.717, 1.165) is 35.1 Å². The van der Waals surface area contributed by atoms with Crippen molar-refractivity contribution in [1.82, 2.24) is 34.5 Å². The average Bonchev–Trinajstić information content (AvgIpc) is 4.10. The lowest BCUT2D eigenvalue weighted by Gasteiger charge is -2.13. The number of ketones is 1. The van der Waals surface area contributed by atoms with Crippen molar-refractivity contribution in [2.75, 3.05) is 33.1 Å². The number of aliphatic imine (C=N–C) groups is 1. The highest BCUT2D eigenvalue weighted by molar-refractivity contribution is 5.98. The topological polar surface area (TPSA) is 232 Å². The summed E-state index contributed by atoms with van der Waals surface area (Å²) in [6.07, 6.45) is 9.87. The summed E-state index contributed by atoms with van der Waals surface area (Å²) in [5, 5.41) is 14.5. The standard InChI is InChI=1S/C22H25FN6O2.C17H21FN8O.C4H10/c1-5-17(13(3)9-14(4)18(30)6-2)27-22-24-7-8-29(22)20-11-19(25-12-26-20)28-21(31)15-10-16(15)23;1-3-20-13-4-9(2)12(7-21-13)24-17(19)26-15-6-14(22-8-23-15)25-16(27)10-5-11(10)18;1-4(2)3/h5,7-9,11-12,15-16H,4,6,10H2,1-3H3,(H,24,27)(H,25,26,28,31);4,6-8,10-11H,3,5H2,1-2H3,(H,20,21)(H4,19,22,23,24,25,26,27);4H,1-3H3/b13-9-,17-5+;;. The number of alkyl halides is 2. The maximum absolute atomic E-state index is 13.1. The van der Waals surface area contributed by atoms with Crippen molar-refractivity contribution >= 4 is 58.5 Å². The lowest BCUT2D eigenvalue weighted by Crippen LogP contribution is -2.23. The Morgan fingerprint density at radius 1 is 0.903 bits per heavy atom. The molecule has 4 unspecified atom stereocenters. The SMILES string of the molecule is C=C(/C=C(C)\C(=C/C)Nc1nccn1-c1cc(NC(=O)C2CC2F)ncn1)C(=O)CC.CC(C)C.CCNc1cc(C)c(NC(N)=Nc2cc(NC(=O)C3CC3F)ncn2)cn1. The Morgan fingerprint density at radius 3 is 2.05 bits per heavy atom. The molecule has 2 aliphatic rings. The molecule has 4 aromatic rings. The van der Waals surface area contributed by atoms with Gasteiger partial charge < -0.3 is 32.3 Å². The number of allylic oxidation sites excluding steroid dienone is 4. The highest BCUT2D eigenvalue weighted by atomic mass is 19.1. The number of guanidine groups is 1. The fourth-order valence-electron chi connectivity index (χ4n) is 5.33. The van der Waals surface area contributed by atoms with Crippen LogP contribution in [-0.2, 0) is 14.4 Å². The average molecular weight is 855 g/mol. The van der Waals surface area contributed by atoms with Crippen LogP contribution in [0.25, 0.3) is 5.82 Å². The van der Waals surface area contributed by atoms with Gasteiger partial charge in [0.05, 0.1) is 23.7 Å². The van der Waals surface area contributed by atoms with Crippen molar-refractivity contribution < 1.29 is 23.2 Å². The Balaban J connectivity index is 0.000000253. The number of carbonyl (C=O) groups is 3. The highest BCUT2D eigenvalue weighted by Crippen LogP contribution is 2.35. The van der Waals surface area contributed by atoms with Crippen LogP contribution in [-0.4, -0.2) is 76.9 Å². The molecule has 2 fully saturated rings. The number of hydrogen-bond donors (Lipinski definition) is 6. The predicted molar refractivity (Wildman–Crippen MR) is 239 cm³/mol. The summed E-state index contributed by atoms with van der Waals surface area (Å²) in [7, 11) is 0. The second-order valence-electron chi connectivity index (χ2n) is 15.1. The lowest BCUT2D eigenvalue weighted by atomic mass is 10.1. The van der Waals surface area contributed by atoms with Crippen LogP contribution in [0.2, 0.25) is 0 Å². The molecule has 0 aromatic carbocycles. The minimum absolute atomic E-state index is 0.0165. The number of halogens is 2. The van der Waals surface area contributed by atoms with Crippen molar-refractivity contribution in [3.63, 3.8) is 0 Å². The predicted octanol–water partition coefficient (Wildman–Crippen LogP) is 7.39. The minimum Gasteiger partial charge on any atom is -0.370 e. The Kier molecular flexibility index (Phi) is 17.4. The van der Waals surface area contributed by atoms with Gasteiger partial charge in [0.2, 0.25) is 17.8 Å². The summed E-state index contributed by atoms with van der Waals surface area (Å²) in [6, 6.07) is 4.94. The molecule has 330 valence electrons. The maximum atomic E-state index is 13.1. The van der Waals surface area contributed by atoms with E-state index in [1.54, 1.807) is 42.2 Å². The Hall–Kier alpha value is -6.92. The molecule has 7 N–H and O–H groups in total. The number of nitrogens with one attached hydrogen (secondary N) is 5. The lowest BCUT2D eigenvalue weighted by molar-refractivity contribution is -0.118. The first-order valence-corrected chi connectivity index (χ1v) is 20.3. The van der Waals surface area contributed by atoms with E-state index < -0.39 is 30.1 Å². The van der Waals surface area contributed by atoms with E-state index in [0.29, 0.717) is 29.4 Å². The molecular formula is C43H56F2N14O3. The van der Waals surface area contributed by atoms with E-state index in [1.165, 1.54) is 18.7 Å². The van der Waals surface area contributed by atoms with Crippen LogP contribution < -0.4 is 32.3 Å². The fourth-order valence-corrected chi connectivity index (χ4v) is 5.33. The summed E-state index contributed by atoms with van der Waals surface area (Å²) >= 11 is 0. The van der Waals surface area contributed by atoms with E-state index in [-0.39, 0.29) is 47.9 Å². The van der Waals surface area contributed by atoms with Gasteiger partial charge in [0, 0.05) is 48.8 Å². The minimum atomic E-state index is -1.08. The molecule has 6 rings (SSSR count). The van der Waals surface area contributed by atoms with Gasteiger partial charge in [0.15, 0.2) is 17.6 Å². The van der Waals surface area contributed by atoms with Crippen LogP contribution in [0, 0.1) is 24.7 Å². The van der Waals surface area contributed by atoms with Gasteiger partial charge in [-0.05, 0) is 69.7 Å². The van der Waals surface area contributed by atoms with E-state index in [4.69, 9.17) is 5.73 Å². The zero-order valence-electron chi connectivity index (χ0n) is 36.3. The first kappa shape index (κ1) is 47.8. The quantitative estimate of drug-likeness (QED) is 0.0297. The monoisotopic (exact) mass is 854 g/mol. The van der Waals surface area contributed by atoms with Crippen LogP contribution in [0.15, 0.2) is 90.0 Å². The molecule has 4 heterocycles. The molecule has 0 spiro atoms. The zero-order valence-corrected chi connectivity index (χ0v) is 36.3. The number of imidazole rings is 1. The number of aryl methyl sites for hydroxylation is 1. The number of Topliss-reactive ketones (excluding diaryl/α,β-unsaturated/α-hetero) is 1. The molecule has 2 amide bonds. The number of amides is 2. The van der Waals surface area contributed by atoms with Crippen LogP contribution in [0.4, 0.5) is 43.7 Å². The van der Waals surface area contributed by atoms with E-state index >= 15 is 0 Å². The second-order valence-corrected chi connectivity index (χ2v) is 15.1. The largest absolute Gasteiger partial charge is 0.370 e. The molecule has 0 saturated heterocycles. The van der Waals surface area contributed by atoms with Gasteiger partial charge in [0.25, 0.3) is 0 Å². The Labute approximate surface area is 360 Å². The number of anilines is 5. The molecule has 0 aliphatic heterocycles. The summed E-state index contributed by atoms with van der Waals surface area (Å²) in [5.74, 6) is 1.45. The molecule has 0 bridgehead atoms. The van der Waals surface area contributed by atoms with Gasteiger partial charge in [0.1, 0.15) is 48.3 Å². The van der Waals surface area contributed by atoms with Gasteiger partial charge in [-0.1, -0.05) is 40.3 Å². The molecule has 4 atom stereocenters. The molecule has 4 aromatic heterocycles. The number of pyridine rings is 1. The molecule has 2 saturated carbocycles. The van der Waals surface area contributed by atoms with Crippen LogP contribution in [0.1, 0.15) is 73.3 Å². The number of hydrogen-bond acceptors (Lipinski definition) is 12. The van der Waals surface area contributed by atoms with Crippen LogP contribution in [0.3, 0.4) is 0 Å². The molecular weight excluding hydrogens is 799 g/mol. The number of nitrogens with zero attached hydrogens (tertiary/aromatic N) is 8. The van der Waals surface area contributed by atoms with Crippen molar-refractivity contribution in [3.8, 4) is 5.82 Å². The molecule has 2 aliphatic carbocycles. The van der Waals surface area contributed by atoms with Crippen molar-refractivity contribution in [2.45, 2.75) is 87.0 Å². The highest BCUT2D eigenvalue weighted by Gasteiger charge is 2.44. The van der Waals surface area contributed by atoms with Gasteiger partial charge >= 0.3 is 0 Å². The number of nitrogens with two attached hydrogens (primary N) is 1. The van der Waals surface area contributed by atoms with E-state index in [9.17, 15) is 23.2 Å². The van der Waals surface area contributed by atoms with Gasteiger partial charge in [-0.15, -0.1) is 0 Å². The Morgan fingerprint density at radius 2 is 1.50 bits per heavy atom.